The van der Waals surface area contributed by atoms with Crippen molar-refractivity contribution < 1.29 is 4.79 Å². The molecular formula is C15H19N3OS. The molecule has 0 bridgehead atoms. The third kappa shape index (κ3) is 1.99. The van der Waals surface area contributed by atoms with Crippen molar-refractivity contribution in [2.75, 3.05) is 23.7 Å². The maximum absolute atomic E-state index is 11.9. The number of nitrogens with two attached hydrogens (primary N) is 1. The fourth-order valence-corrected chi connectivity index (χ4v) is 4.73. The first-order valence-electron chi connectivity index (χ1n) is 7.26. The van der Waals surface area contributed by atoms with Gasteiger partial charge in [-0.05, 0) is 24.7 Å². The summed E-state index contributed by atoms with van der Waals surface area (Å²) in [7, 11) is 0. The normalized spacial score (nSPS) is 24.7. The van der Waals surface area contributed by atoms with Crippen LogP contribution in [0.4, 0.5) is 10.7 Å². The van der Waals surface area contributed by atoms with Crippen LogP contribution >= 0.6 is 11.3 Å². The topological polar surface area (TPSA) is 70.1 Å². The highest BCUT2D eigenvalue weighted by molar-refractivity contribution is 7.19. The van der Waals surface area contributed by atoms with Crippen LogP contribution in [0.1, 0.15) is 47.8 Å². The van der Waals surface area contributed by atoms with Gasteiger partial charge in [0.2, 0.25) is 0 Å². The quantitative estimate of drug-likeness (QED) is 0.868. The van der Waals surface area contributed by atoms with Crippen LogP contribution in [0.5, 0.6) is 0 Å². The van der Waals surface area contributed by atoms with Crippen LogP contribution in [-0.4, -0.2) is 18.9 Å². The van der Waals surface area contributed by atoms with Gasteiger partial charge in [0.05, 0.1) is 10.6 Å². The zero-order valence-corrected chi connectivity index (χ0v) is 12.5. The summed E-state index contributed by atoms with van der Waals surface area (Å²) in [5.41, 5.74) is 6.91. The third-order valence-corrected chi connectivity index (χ3v) is 5.93. The fraction of sp³-hybridized carbons (Fsp3) is 0.600. The highest BCUT2D eigenvalue weighted by atomic mass is 32.1. The van der Waals surface area contributed by atoms with Gasteiger partial charge >= 0.3 is 0 Å². The molecule has 0 amide bonds. The first-order valence-corrected chi connectivity index (χ1v) is 8.07. The molecule has 1 aromatic heterocycles. The zero-order chi connectivity index (χ0) is 14.3. The number of rotatable bonds is 3. The van der Waals surface area contributed by atoms with Gasteiger partial charge < -0.3 is 10.6 Å². The van der Waals surface area contributed by atoms with Crippen LogP contribution in [0.15, 0.2) is 0 Å². The molecule has 0 spiro atoms. The Labute approximate surface area is 123 Å². The summed E-state index contributed by atoms with van der Waals surface area (Å²) >= 11 is 1.41. The van der Waals surface area contributed by atoms with Gasteiger partial charge in [-0.15, -0.1) is 11.3 Å². The lowest BCUT2D eigenvalue weighted by atomic mass is 10.0. The van der Waals surface area contributed by atoms with Gasteiger partial charge in [0.15, 0.2) is 5.78 Å². The van der Waals surface area contributed by atoms with Crippen molar-refractivity contribution in [1.29, 1.82) is 5.26 Å². The Morgan fingerprint density at radius 1 is 1.45 bits per heavy atom. The van der Waals surface area contributed by atoms with E-state index in [1.54, 1.807) is 0 Å². The van der Waals surface area contributed by atoms with Crippen molar-refractivity contribution in [3.05, 3.63) is 10.4 Å². The van der Waals surface area contributed by atoms with E-state index in [0.29, 0.717) is 22.5 Å². The van der Waals surface area contributed by atoms with Crippen molar-refractivity contribution in [3.8, 4) is 6.07 Å². The van der Waals surface area contributed by atoms with Gasteiger partial charge in [-0.2, -0.15) is 5.26 Å². The third-order valence-electron chi connectivity index (χ3n) is 4.63. The average molecular weight is 289 g/mol. The van der Waals surface area contributed by atoms with Crippen LogP contribution in [0.3, 0.4) is 0 Å². The monoisotopic (exact) mass is 289 g/mol. The van der Waals surface area contributed by atoms with Crippen LogP contribution in [0.2, 0.25) is 0 Å². The molecule has 0 radical (unpaired) electrons. The molecule has 5 heteroatoms. The van der Waals surface area contributed by atoms with E-state index in [1.807, 2.05) is 6.92 Å². The van der Waals surface area contributed by atoms with E-state index >= 15 is 0 Å². The molecule has 4 nitrogen and oxygen atoms in total. The number of carbonyl (C=O) groups excluding carboxylic acids is 1. The number of hydrogen-bond acceptors (Lipinski definition) is 5. The maximum Gasteiger partial charge on any atom is 0.174 e. The second kappa shape index (κ2) is 5.10. The lowest BCUT2D eigenvalue weighted by molar-refractivity contribution is 0.0993. The predicted octanol–water partition coefficient (Wildman–Crippen LogP) is 3.03. The summed E-state index contributed by atoms with van der Waals surface area (Å²) < 4.78 is 0. The van der Waals surface area contributed by atoms with E-state index in [0.717, 1.165) is 29.9 Å². The molecule has 2 fully saturated rings. The second-order valence-corrected chi connectivity index (χ2v) is 6.77. The van der Waals surface area contributed by atoms with Gasteiger partial charge in [-0.3, -0.25) is 4.79 Å². The number of nitrogens with zero attached hydrogens (tertiary/aromatic N) is 2. The molecule has 2 N–H and O–H groups in total. The molecule has 20 heavy (non-hydrogen) atoms. The number of carbonyl (C=O) groups is 1. The Hall–Kier alpha value is -1.54. The summed E-state index contributed by atoms with van der Waals surface area (Å²) in [6, 6.07) is 2.20. The van der Waals surface area contributed by atoms with E-state index in [9.17, 15) is 10.1 Å². The van der Waals surface area contributed by atoms with E-state index in [-0.39, 0.29) is 5.78 Å². The smallest absolute Gasteiger partial charge is 0.174 e. The van der Waals surface area contributed by atoms with Gasteiger partial charge in [-0.25, -0.2) is 0 Å². The Bertz CT molecular complexity index is 575. The summed E-state index contributed by atoms with van der Waals surface area (Å²) in [5, 5.41) is 10.3. The Kier molecular flexibility index (Phi) is 3.43. The van der Waals surface area contributed by atoms with E-state index in [1.165, 1.54) is 30.6 Å². The molecule has 3 rings (SSSR count). The molecule has 2 atom stereocenters. The van der Waals surface area contributed by atoms with Gasteiger partial charge in [0, 0.05) is 19.5 Å². The van der Waals surface area contributed by atoms with Crippen molar-refractivity contribution in [2.24, 2.45) is 11.8 Å². The molecule has 1 aliphatic carbocycles. The standard InChI is InChI=1S/C15H19N3OS/c1-2-12(19)14-13(17)11(6-16)15(20-14)18-7-9-4-3-5-10(9)8-18/h9-10H,2-5,7-8,17H2,1H3. The summed E-state index contributed by atoms with van der Waals surface area (Å²) in [6.07, 6.45) is 4.36. The lowest BCUT2D eigenvalue weighted by Crippen LogP contribution is -2.20. The van der Waals surface area contributed by atoms with Crippen molar-refractivity contribution in [2.45, 2.75) is 32.6 Å². The number of fused-ring (bicyclic) bond motifs is 1. The Morgan fingerprint density at radius 3 is 2.65 bits per heavy atom. The highest BCUT2D eigenvalue weighted by Crippen LogP contribution is 2.45. The molecule has 1 aromatic rings. The molecule has 0 aromatic carbocycles. The van der Waals surface area contributed by atoms with Crippen LogP contribution in [0.25, 0.3) is 0 Å². The molecule has 1 saturated carbocycles. The van der Waals surface area contributed by atoms with Gasteiger partial charge in [0.1, 0.15) is 16.6 Å². The molecule has 1 aliphatic heterocycles. The number of nitriles is 1. The minimum absolute atomic E-state index is 0.0367. The number of Topliss-reactive ketones (excluding diaryl/α,β-unsaturated/α-hetero) is 1. The van der Waals surface area contributed by atoms with Gasteiger partial charge in [0.25, 0.3) is 0 Å². The summed E-state index contributed by atoms with van der Waals surface area (Å²) in [4.78, 5) is 14.8. The minimum atomic E-state index is 0.0367. The number of anilines is 2. The molecule has 106 valence electrons. The first-order chi connectivity index (χ1) is 9.65. The van der Waals surface area contributed by atoms with Crippen molar-refractivity contribution >= 4 is 27.8 Å². The second-order valence-electron chi connectivity index (χ2n) is 5.77. The molecular weight excluding hydrogens is 270 g/mol. The molecule has 2 heterocycles. The number of nitrogen functional groups attached to an aromatic ring is 1. The Balaban J connectivity index is 1.94. The van der Waals surface area contributed by atoms with E-state index < -0.39 is 0 Å². The number of thiophene rings is 1. The van der Waals surface area contributed by atoms with Gasteiger partial charge in [-0.1, -0.05) is 13.3 Å². The SMILES string of the molecule is CCC(=O)c1sc(N2CC3CCCC3C2)c(C#N)c1N. The van der Waals surface area contributed by atoms with E-state index in [2.05, 4.69) is 11.0 Å². The average Bonchev–Trinajstić information content (AvgIpc) is 3.09. The largest absolute Gasteiger partial charge is 0.396 e. The van der Waals surface area contributed by atoms with Crippen molar-refractivity contribution in [1.82, 2.24) is 0 Å². The van der Waals surface area contributed by atoms with Crippen molar-refractivity contribution in [3.63, 3.8) is 0 Å². The minimum Gasteiger partial charge on any atom is -0.396 e. The van der Waals surface area contributed by atoms with Crippen LogP contribution < -0.4 is 10.6 Å². The van der Waals surface area contributed by atoms with Crippen LogP contribution in [-0.2, 0) is 0 Å². The number of hydrogen-bond donors (Lipinski definition) is 1. The van der Waals surface area contributed by atoms with E-state index in [4.69, 9.17) is 5.73 Å². The lowest BCUT2D eigenvalue weighted by Gasteiger charge is -2.17. The predicted molar refractivity (Wildman–Crippen MR) is 81.1 cm³/mol. The highest BCUT2D eigenvalue weighted by Gasteiger charge is 2.38. The fourth-order valence-electron chi connectivity index (χ4n) is 3.53. The molecule has 2 aliphatic rings. The summed E-state index contributed by atoms with van der Waals surface area (Å²) in [6.45, 7) is 3.85. The summed E-state index contributed by atoms with van der Waals surface area (Å²) in [5.74, 6) is 1.56. The first kappa shape index (κ1) is 13.4. The zero-order valence-electron chi connectivity index (χ0n) is 11.7. The Morgan fingerprint density at radius 2 is 2.10 bits per heavy atom. The molecule has 1 saturated heterocycles. The number of ketones is 1. The maximum atomic E-state index is 11.9. The molecule has 2 unspecified atom stereocenters. The van der Waals surface area contributed by atoms with Crippen LogP contribution in [0, 0.1) is 23.2 Å².